The molecule has 0 bridgehead atoms. The standard InChI is InChI=1S/C49H53N7O8S/c1-31(25-34-28-51-41-21-20-37(27-40(34)41)64-30-47(58)59)53-49(60)33-17-22-44-42(26-33)54-48(56(44)35-9-5-4-6-10-35)32-15-18-36(19-16-32)63-29-46(57)50-23-24-52-65(61,62)45-14-8-11-38-39(45)12-7-13-43(38)55(2)3/h7-8,11-22,26-28,31,35,51-52H,4-6,9-10,23-25,29-30H2,1-3H3,(H,50,57)(H,53,60)(H,58,59)/t31-/m1/s1. The van der Waals surface area contributed by atoms with Crippen molar-refractivity contribution in [2.75, 3.05) is 45.3 Å². The number of sulfonamides is 1. The SMILES string of the molecule is C[C@H](Cc1c[nH]c2ccc(OCC(=O)O)cc12)NC(=O)c1ccc2c(c1)nc(-c1ccc(OCC(=O)NCCNS(=O)(=O)c3cccc4c(N(C)C)cccc34)cc1)n2C1CCCCC1. The average molecular weight is 900 g/mol. The Labute approximate surface area is 377 Å². The topological polar surface area (TPSA) is 197 Å². The lowest BCUT2D eigenvalue weighted by Crippen LogP contribution is -2.36. The molecule has 5 N–H and O–H groups in total. The molecular weight excluding hydrogens is 847 g/mol. The maximum Gasteiger partial charge on any atom is 0.341 e. The fraction of sp³-hybridized carbons (Fsp3) is 0.306. The minimum atomic E-state index is -3.85. The first kappa shape index (κ1) is 44.7. The molecule has 1 aliphatic rings. The number of rotatable bonds is 18. The molecule has 338 valence electrons. The highest BCUT2D eigenvalue weighted by Crippen LogP contribution is 2.37. The summed E-state index contributed by atoms with van der Waals surface area (Å²) in [5, 5.41) is 17.2. The zero-order valence-electron chi connectivity index (χ0n) is 36.6. The molecule has 5 aromatic carbocycles. The molecule has 65 heavy (non-hydrogen) atoms. The van der Waals surface area contributed by atoms with Crippen LogP contribution in [0.2, 0.25) is 0 Å². The van der Waals surface area contributed by atoms with Gasteiger partial charge in [-0.05, 0) is 105 Å². The number of ether oxygens (including phenoxy) is 2. The van der Waals surface area contributed by atoms with E-state index in [4.69, 9.17) is 19.6 Å². The molecule has 0 unspecified atom stereocenters. The van der Waals surface area contributed by atoms with E-state index in [1.807, 2.05) is 86.7 Å². The van der Waals surface area contributed by atoms with Crippen LogP contribution >= 0.6 is 0 Å². The van der Waals surface area contributed by atoms with Crippen LogP contribution in [0.25, 0.3) is 44.1 Å². The van der Waals surface area contributed by atoms with Gasteiger partial charge in [0.05, 0.1) is 15.9 Å². The van der Waals surface area contributed by atoms with Crippen molar-refractivity contribution in [2.45, 2.75) is 62.4 Å². The fourth-order valence-electron chi connectivity index (χ4n) is 8.66. The second-order valence-corrected chi connectivity index (χ2v) is 18.4. The van der Waals surface area contributed by atoms with E-state index < -0.39 is 22.6 Å². The third-order valence-corrected chi connectivity index (χ3v) is 13.3. The highest BCUT2D eigenvalue weighted by atomic mass is 32.2. The molecule has 1 atom stereocenters. The Morgan fingerprint density at radius 1 is 0.862 bits per heavy atom. The van der Waals surface area contributed by atoms with Gasteiger partial charge in [0.15, 0.2) is 13.2 Å². The molecule has 7 aromatic rings. The molecule has 2 heterocycles. The summed E-state index contributed by atoms with van der Waals surface area (Å²) >= 11 is 0. The van der Waals surface area contributed by atoms with Crippen LogP contribution in [-0.2, 0) is 26.0 Å². The van der Waals surface area contributed by atoms with Crippen LogP contribution in [0.3, 0.4) is 0 Å². The number of aromatic amines is 1. The Hall–Kier alpha value is -6.91. The monoisotopic (exact) mass is 899 g/mol. The second-order valence-electron chi connectivity index (χ2n) is 16.7. The van der Waals surface area contributed by atoms with Crippen molar-refractivity contribution < 1.29 is 37.4 Å². The van der Waals surface area contributed by atoms with E-state index in [-0.39, 0.29) is 48.5 Å². The van der Waals surface area contributed by atoms with E-state index in [0.717, 1.165) is 70.1 Å². The molecule has 1 saturated carbocycles. The summed E-state index contributed by atoms with van der Waals surface area (Å²) in [6.07, 6.45) is 7.92. The van der Waals surface area contributed by atoms with E-state index in [2.05, 4.69) is 24.9 Å². The van der Waals surface area contributed by atoms with Crippen molar-refractivity contribution >= 4 is 66.2 Å². The molecule has 0 radical (unpaired) electrons. The van der Waals surface area contributed by atoms with Gasteiger partial charge in [-0.25, -0.2) is 22.9 Å². The highest BCUT2D eigenvalue weighted by molar-refractivity contribution is 7.89. The Bertz CT molecular complexity index is 2970. The number of aromatic nitrogens is 3. The minimum absolute atomic E-state index is 0.00265. The predicted molar refractivity (Wildman–Crippen MR) is 251 cm³/mol. The highest BCUT2D eigenvalue weighted by Gasteiger charge is 2.24. The molecule has 16 heteroatoms. The van der Waals surface area contributed by atoms with Gasteiger partial charge in [-0.15, -0.1) is 0 Å². The Morgan fingerprint density at radius 2 is 1.60 bits per heavy atom. The Kier molecular flexibility index (Phi) is 13.4. The smallest absolute Gasteiger partial charge is 0.341 e. The number of aliphatic carboxylic acids is 1. The zero-order valence-corrected chi connectivity index (χ0v) is 37.4. The van der Waals surface area contributed by atoms with E-state index in [1.165, 1.54) is 6.42 Å². The Morgan fingerprint density at radius 3 is 2.37 bits per heavy atom. The molecule has 0 saturated heterocycles. The first-order valence-electron chi connectivity index (χ1n) is 21.8. The Balaban J connectivity index is 0.889. The maximum atomic E-state index is 13.6. The number of hydrogen-bond donors (Lipinski definition) is 5. The summed E-state index contributed by atoms with van der Waals surface area (Å²) in [6.45, 7) is 1.34. The van der Waals surface area contributed by atoms with Crippen LogP contribution < -0.4 is 29.7 Å². The summed E-state index contributed by atoms with van der Waals surface area (Å²) in [4.78, 5) is 47.8. The van der Waals surface area contributed by atoms with Crippen molar-refractivity contribution in [1.29, 1.82) is 0 Å². The molecule has 1 fully saturated rings. The van der Waals surface area contributed by atoms with E-state index >= 15 is 0 Å². The van der Waals surface area contributed by atoms with Crippen molar-refractivity contribution in [3.8, 4) is 22.9 Å². The summed E-state index contributed by atoms with van der Waals surface area (Å²) in [5.74, 6) is 0.0788. The van der Waals surface area contributed by atoms with Crippen LogP contribution in [0.15, 0.2) is 108 Å². The van der Waals surface area contributed by atoms with E-state index in [1.54, 1.807) is 42.5 Å². The van der Waals surface area contributed by atoms with Crippen molar-refractivity contribution in [2.24, 2.45) is 0 Å². The van der Waals surface area contributed by atoms with Crippen molar-refractivity contribution in [1.82, 2.24) is 29.9 Å². The number of carbonyl (C=O) groups excluding carboxylic acids is 2. The number of H-pyrrole nitrogens is 1. The van der Waals surface area contributed by atoms with E-state index in [9.17, 15) is 22.8 Å². The van der Waals surface area contributed by atoms with Crippen LogP contribution in [0.1, 0.15) is 61.0 Å². The minimum Gasteiger partial charge on any atom is -0.484 e. The van der Waals surface area contributed by atoms with E-state index in [0.29, 0.717) is 34.4 Å². The lowest BCUT2D eigenvalue weighted by atomic mass is 9.94. The molecule has 0 aliphatic heterocycles. The molecule has 15 nitrogen and oxygen atoms in total. The summed E-state index contributed by atoms with van der Waals surface area (Å²) in [7, 11) is -0.0296. The number of amides is 2. The average Bonchev–Trinajstić information content (AvgIpc) is 3.89. The quantitative estimate of drug-likeness (QED) is 0.0549. The van der Waals surface area contributed by atoms with Gasteiger partial charge in [0.1, 0.15) is 17.3 Å². The molecule has 2 amide bonds. The summed E-state index contributed by atoms with van der Waals surface area (Å²) < 4.78 is 42.6. The number of fused-ring (bicyclic) bond motifs is 3. The van der Waals surface area contributed by atoms with Gasteiger partial charge < -0.3 is 39.7 Å². The van der Waals surface area contributed by atoms with Crippen LogP contribution in [0.4, 0.5) is 5.69 Å². The number of carbonyl (C=O) groups is 3. The first-order valence-corrected chi connectivity index (χ1v) is 23.3. The lowest BCUT2D eigenvalue weighted by molar-refractivity contribution is -0.139. The molecule has 0 spiro atoms. The van der Waals surface area contributed by atoms with Crippen molar-refractivity contribution in [3.05, 3.63) is 114 Å². The zero-order chi connectivity index (χ0) is 45.7. The van der Waals surface area contributed by atoms with Crippen LogP contribution in [0, 0.1) is 0 Å². The van der Waals surface area contributed by atoms with Crippen LogP contribution in [0.5, 0.6) is 11.5 Å². The van der Waals surface area contributed by atoms with Crippen LogP contribution in [-0.4, -0.2) is 92.3 Å². The number of nitrogens with one attached hydrogen (secondary N) is 4. The van der Waals surface area contributed by atoms with Gasteiger partial charge in [-0.1, -0.05) is 43.5 Å². The van der Waals surface area contributed by atoms with Gasteiger partial charge in [0.25, 0.3) is 11.8 Å². The number of carboxylic acid groups (broad SMARTS) is 1. The fourth-order valence-corrected chi connectivity index (χ4v) is 9.91. The van der Waals surface area contributed by atoms with Gasteiger partial charge in [0.2, 0.25) is 10.0 Å². The normalized spacial score (nSPS) is 13.8. The molecule has 8 rings (SSSR count). The summed E-state index contributed by atoms with van der Waals surface area (Å²) in [6, 6.07) is 29.2. The van der Waals surface area contributed by atoms with Crippen molar-refractivity contribution in [3.63, 3.8) is 0 Å². The van der Waals surface area contributed by atoms with Gasteiger partial charge in [-0.3, -0.25) is 9.59 Å². The number of anilines is 1. The lowest BCUT2D eigenvalue weighted by Gasteiger charge is -2.25. The van der Waals surface area contributed by atoms with Gasteiger partial charge in [-0.2, -0.15) is 0 Å². The number of hydrogen-bond acceptors (Lipinski definition) is 9. The predicted octanol–water partition coefficient (Wildman–Crippen LogP) is 7.21. The largest absolute Gasteiger partial charge is 0.484 e. The maximum absolute atomic E-state index is 13.6. The number of benzene rings is 5. The molecule has 2 aromatic heterocycles. The number of carboxylic acids is 1. The molecule has 1 aliphatic carbocycles. The third-order valence-electron chi connectivity index (χ3n) is 11.7. The second kappa shape index (κ2) is 19.5. The molecular formula is C49H53N7O8S. The first-order chi connectivity index (χ1) is 31.3. The van der Waals surface area contributed by atoms with Gasteiger partial charge >= 0.3 is 5.97 Å². The summed E-state index contributed by atoms with van der Waals surface area (Å²) in [5.41, 5.74) is 5.79. The number of nitrogens with zero attached hydrogens (tertiary/aromatic N) is 3. The third kappa shape index (κ3) is 10.2. The number of imidazole rings is 1. The van der Waals surface area contributed by atoms with Gasteiger partial charge in [0, 0.05) is 84.0 Å².